The fourth-order valence-electron chi connectivity index (χ4n) is 4.44. The molecule has 1 N–H and O–H groups in total. The van der Waals surface area contributed by atoms with Crippen molar-refractivity contribution in [3.63, 3.8) is 0 Å². The van der Waals surface area contributed by atoms with Crippen LogP contribution in [0.1, 0.15) is 30.5 Å². The molecule has 0 saturated heterocycles. The molecule has 5 nitrogen and oxygen atoms in total. The van der Waals surface area contributed by atoms with Crippen LogP contribution in [0.3, 0.4) is 0 Å². The number of fused-ring (bicyclic) bond motifs is 2. The van der Waals surface area contributed by atoms with E-state index in [0.29, 0.717) is 18.6 Å². The van der Waals surface area contributed by atoms with E-state index in [0.717, 1.165) is 22.7 Å². The number of ether oxygens (including phenoxy) is 3. The van der Waals surface area contributed by atoms with Gasteiger partial charge < -0.3 is 19.5 Å². The monoisotopic (exact) mass is 415 g/mol. The quantitative estimate of drug-likeness (QED) is 0.645. The topological polar surface area (TPSA) is 56.8 Å². The van der Waals surface area contributed by atoms with Crippen molar-refractivity contribution >= 4 is 11.6 Å². The highest BCUT2D eigenvalue weighted by Crippen LogP contribution is 2.44. The van der Waals surface area contributed by atoms with Crippen molar-refractivity contribution in [1.82, 2.24) is 0 Å². The lowest BCUT2D eigenvalue weighted by atomic mass is 9.76. The van der Waals surface area contributed by atoms with Gasteiger partial charge in [0.25, 0.3) is 0 Å². The van der Waals surface area contributed by atoms with Gasteiger partial charge in [0.15, 0.2) is 11.5 Å². The molecule has 0 radical (unpaired) electrons. The van der Waals surface area contributed by atoms with E-state index in [4.69, 9.17) is 14.2 Å². The van der Waals surface area contributed by atoms with Crippen molar-refractivity contribution in [3.05, 3.63) is 83.4 Å². The van der Waals surface area contributed by atoms with E-state index >= 15 is 0 Å². The van der Waals surface area contributed by atoms with Crippen LogP contribution in [0.25, 0.3) is 0 Å². The Balaban J connectivity index is 1.47. The molecule has 5 heteroatoms. The number of nitrogens with one attached hydrogen (secondary N) is 1. The maximum atomic E-state index is 13.8. The van der Waals surface area contributed by atoms with Crippen molar-refractivity contribution in [2.75, 3.05) is 12.1 Å². The molecular weight excluding hydrogens is 390 g/mol. The Labute approximate surface area is 182 Å². The molecule has 1 aliphatic heterocycles. The number of carbonyl (C=O) groups is 1. The van der Waals surface area contributed by atoms with Gasteiger partial charge in [0.2, 0.25) is 12.7 Å². The Morgan fingerprint density at radius 2 is 1.61 bits per heavy atom. The van der Waals surface area contributed by atoms with Gasteiger partial charge in [0.05, 0.1) is 11.5 Å². The van der Waals surface area contributed by atoms with Gasteiger partial charge in [-0.15, -0.1) is 0 Å². The van der Waals surface area contributed by atoms with Crippen LogP contribution >= 0.6 is 0 Å². The Bertz CT molecular complexity index is 1100. The first-order chi connectivity index (χ1) is 15.0. The fraction of sp³-hybridized carbons (Fsp3) is 0.269. The molecule has 0 unspecified atom stereocenters. The fourth-order valence-corrected chi connectivity index (χ4v) is 4.44. The number of carbonyl (C=O) groups excluding carboxylic acids is 1. The second-order valence-electron chi connectivity index (χ2n) is 8.42. The van der Waals surface area contributed by atoms with Crippen molar-refractivity contribution in [2.24, 2.45) is 0 Å². The highest BCUT2D eigenvalue weighted by Gasteiger charge is 2.45. The molecule has 0 saturated carbocycles. The first kappa shape index (κ1) is 19.5. The largest absolute Gasteiger partial charge is 0.491 e. The average Bonchev–Trinajstić information content (AvgIpc) is 3.39. The summed E-state index contributed by atoms with van der Waals surface area (Å²) in [5.41, 5.74) is 3.38. The van der Waals surface area contributed by atoms with Crippen LogP contribution in [-0.2, 0) is 23.1 Å². The van der Waals surface area contributed by atoms with Crippen LogP contribution in [0.4, 0.5) is 5.69 Å². The van der Waals surface area contributed by atoms with E-state index in [1.54, 1.807) is 0 Å². The van der Waals surface area contributed by atoms with Gasteiger partial charge in [-0.2, -0.15) is 0 Å². The number of hydrogen-bond donors (Lipinski definition) is 1. The van der Waals surface area contributed by atoms with Crippen molar-refractivity contribution in [2.45, 2.75) is 38.2 Å². The van der Waals surface area contributed by atoms with Crippen LogP contribution in [0, 0.1) is 0 Å². The number of anilines is 1. The van der Waals surface area contributed by atoms with Crippen molar-refractivity contribution in [1.29, 1.82) is 0 Å². The van der Waals surface area contributed by atoms with Crippen LogP contribution < -0.4 is 19.5 Å². The molecule has 1 heterocycles. The molecule has 158 valence electrons. The van der Waals surface area contributed by atoms with E-state index in [9.17, 15) is 4.79 Å². The minimum atomic E-state index is -0.711. The second kappa shape index (κ2) is 7.65. The van der Waals surface area contributed by atoms with E-state index in [-0.39, 0.29) is 18.8 Å². The summed E-state index contributed by atoms with van der Waals surface area (Å²) in [7, 11) is 0. The maximum absolute atomic E-state index is 13.8. The lowest BCUT2D eigenvalue weighted by molar-refractivity contribution is -0.121. The lowest BCUT2D eigenvalue weighted by Crippen LogP contribution is -2.41. The summed E-state index contributed by atoms with van der Waals surface area (Å²) in [5, 5.41) is 3.14. The average molecular weight is 415 g/mol. The minimum Gasteiger partial charge on any atom is -0.491 e. The maximum Gasteiger partial charge on any atom is 0.235 e. The highest BCUT2D eigenvalue weighted by atomic mass is 16.7. The summed E-state index contributed by atoms with van der Waals surface area (Å²) in [6, 6.07) is 21.6. The number of rotatable bonds is 5. The zero-order chi connectivity index (χ0) is 21.4. The van der Waals surface area contributed by atoms with E-state index in [1.807, 2.05) is 68.4 Å². The predicted molar refractivity (Wildman–Crippen MR) is 119 cm³/mol. The third-order valence-corrected chi connectivity index (χ3v) is 5.95. The summed E-state index contributed by atoms with van der Waals surface area (Å²) < 4.78 is 16.8. The van der Waals surface area contributed by atoms with Gasteiger partial charge in [0, 0.05) is 5.69 Å². The lowest BCUT2D eigenvalue weighted by Gasteiger charge is -2.29. The SMILES string of the molecule is CC(C)Oc1ccc(NC(=O)C2(c3ccc4c(c3)OCO4)Cc3ccccc3C2)cc1. The highest BCUT2D eigenvalue weighted by molar-refractivity contribution is 6.00. The molecule has 31 heavy (non-hydrogen) atoms. The molecule has 2 aliphatic rings. The Kier molecular flexibility index (Phi) is 4.81. The Morgan fingerprint density at radius 3 is 2.29 bits per heavy atom. The predicted octanol–water partition coefficient (Wildman–Crippen LogP) is 4.88. The molecule has 5 rings (SSSR count). The summed E-state index contributed by atoms with van der Waals surface area (Å²) >= 11 is 0. The van der Waals surface area contributed by atoms with Crippen LogP contribution in [0.2, 0.25) is 0 Å². The van der Waals surface area contributed by atoms with Gasteiger partial charge in [-0.3, -0.25) is 4.79 Å². The molecule has 3 aromatic rings. The molecule has 0 bridgehead atoms. The summed E-state index contributed by atoms with van der Waals surface area (Å²) in [6.45, 7) is 4.19. The van der Waals surface area contributed by atoms with Gasteiger partial charge in [-0.05, 0) is 79.8 Å². The van der Waals surface area contributed by atoms with E-state index in [2.05, 4.69) is 17.4 Å². The van der Waals surface area contributed by atoms with Gasteiger partial charge >= 0.3 is 0 Å². The number of amides is 1. The zero-order valence-electron chi connectivity index (χ0n) is 17.7. The minimum absolute atomic E-state index is 0.0277. The van der Waals surface area contributed by atoms with Crippen LogP contribution in [0.15, 0.2) is 66.7 Å². The summed E-state index contributed by atoms with van der Waals surface area (Å²) in [6.07, 6.45) is 1.39. The third kappa shape index (κ3) is 3.61. The summed E-state index contributed by atoms with van der Waals surface area (Å²) in [5.74, 6) is 2.17. The number of hydrogen-bond acceptors (Lipinski definition) is 4. The van der Waals surface area contributed by atoms with Crippen molar-refractivity contribution in [3.8, 4) is 17.2 Å². The zero-order valence-corrected chi connectivity index (χ0v) is 17.7. The third-order valence-electron chi connectivity index (χ3n) is 5.95. The Morgan fingerprint density at radius 1 is 0.935 bits per heavy atom. The molecule has 0 aromatic heterocycles. The molecule has 0 fully saturated rings. The Hall–Kier alpha value is -3.47. The second-order valence-corrected chi connectivity index (χ2v) is 8.42. The normalized spacial score (nSPS) is 15.6. The smallest absolute Gasteiger partial charge is 0.235 e. The molecular formula is C26H25NO4. The van der Waals surface area contributed by atoms with Gasteiger partial charge in [-0.1, -0.05) is 30.3 Å². The molecule has 1 aliphatic carbocycles. The molecule has 1 amide bonds. The van der Waals surface area contributed by atoms with E-state index in [1.165, 1.54) is 11.1 Å². The van der Waals surface area contributed by atoms with E-state index < -0.39 is 5.41 Å². The molecule has 0 spiro atoms. The molecule has 3 aromatic carbocycles. The first-order valence-corrected chi connectivity index (χ1v) is 10.6. The van der Waals surface area contributed by atoms with Gasteiger partial charge in [-0.25, -0.2) is 0 Å². The standard InChI is InChI=1S/C26H25NO4/c1-17(2)31-22-10-8-21(9-11-22)27-25(28)26(14-18-5-3-4-6-19(18)15-26)20-7-12-23-24(13-20)30-16-29-23/h3-13,17H,14-16H2,1-2H3,(H,27,28). The van der Waals surface area contributed by atoms with Gasteiger partial charge in [0.1, 0.15) is 5.75 Å². The summed E-state index contributed by atoms with van der Waals surface area (Å²) in [4.78, 5) is 13.8. The van der Waals surface area contributed by atoms with Crippen molar-refractivity contribution < 1.29 is 19.0 Å². The van der Waals surface area contributed by atoms with Crippen LogP contribution in [0.5, 0.6) is 17.2 Å². The van der Waals surface area contributed by atoms with Crippen LogP contribution in [-0.4, -0.2) is 18.8 Å². The first-order valence-electron chi connectivity index (χ1n) is 10.6. The number of benzene rings is 3. The molecule has 0 atom stereocenters.